The molecule has 0 aromatic heterocycles. The minimum Gasteiger partial charge on any atom is -0.494 e. The van der Waals surface area contributed by atoms with Crippen LogP contribution in [0.2, 0.25) is 5.02 Å². The van der Waals surface area contributed by atoms with Crippen LogP contribution in [0.3, 0.4) is 0 Å². The van der Waals surface area contributed by atoms with Crippen molar-refractivity contribution < 1.29 is 4.74 Å². The fourth-order valence-corrected chi connectivity index (χ4v) is 1.68. The molecule has 0 aliphatic heterocycles. The molecule has 0 aliphatic rings. The molecule has 0 saturated heterocycles. The summed E-state index contributed by atoms with van der Waals surface area (Å²) in [6.07, 6.45) is 2.78. The van der Waals surface area contributed by atoms with Crippen LogP contribution in [0.15, 0.2) is 18.2 Å². The molecule has 18 heavy (non-hydrogen) atoms. The van der Waals surface area contributed by atoms with Crippen LogP contribution in [-0.2, 0) is 0 Å². The maximum atomic E-state index is 8.88. The molecular weight excluding hydrogens is 248 g/mol. The molecule has 0 fully saturated rings. The monoisotopic (exact) mass is 266 g/mol. The van der Waals surface area contributed by atoms with Gasteiger partial charge in [0, 0.05) is 6.07 Å². The van der Waals surface area contributed by atoms with Crippen LogP contribution in [0.1, 0.15) is 33.1 Å². The zero-order chi connectivity index (χ0) is 13.6. The van der Waals surface area contributed by atoms with Crippen molar-refractivity contribution in [3.05, 3.63) is 23.2 Å². The van der Waals surface area contributed by atoms with E-state index in [0.29, 0.717) is 17.3 Å². The quantitative estimate of drug-likeness (QED) is 0.625. The number of hydrogen-bond acceptors (Lipinski definition) is 3. The second-order valence-corrected chi connectivity index (χ2v) is 5.39. The maximum absolute atomic E-state index is 8.88. The summed E-state index contributed by atoms with van der Waals surface area (Å²) in [5.41, 5.74) is 5.92. The molecule has 0 radical (unpaired) electrons. The number of halogens is 1. The highest BCUT2D eigenvalue weighted by Crippen LogP contribution is 2.25. The number of nitrogens with zero attached hydrogens (tertiary/aromatic N) is 1. The van der Waals surface area contributed by atoms with Gasteiger partial charge in [0.15, 0.2) is 0 Å². The van der Waals surface area contributed by atoms with Crippen LogP contribution in [0.4, 0.5) is 5.69 Å². The third kappa shape index (κ3) is 4.85. The van der Waals surface area contributed by atoms with E-state index in [1.807, 2.05) is 13.8 Å². The van der Waals surface area contributed by atoms with Gasteiger partial charge in [0.2, 0.25) is 0 Å². The molecule has 0 bridgehead atoms. The van der Waals surface area contributed by atoms with E-state index in [1.165, 1.54) is 0 Å². The van der Waals surface area contributed by atoms with Crippen LogP contribution in [0.25, 0.3) is 0 Å². The smallest absolute Gasteiger partial charge is 0.120 e. The van der Waals surface area contributed by atoms with E-state index >= 15 is 0 Å². The van der Waals surface area contributed by atoms with Gasteiger partial charge in [0.05, 0.1) is 28.8 Å². The largest absolute Gasteiger partial charge is 0.494 e. The lowest BCUT2D eigenvalue weighted by Gasteiger charge is -2.14. The van der Waals surface area contributed by atoms with Crippen LogP contribution in [0.5, 0.6) is 5.75 Å². The second-order valence-electron chi connectivity index (χ2n) is 4.98. The van der Waals surface area contributed by atoms with Crippen molar-refractivity contribution in [3.8, 4) is 11.8 Å². The molecule has 0 saturated carbocycles. The van der Waals surface area contributed by atoms with Gasteiger partial charge in [0.1, 0.15) is 5.75 Å². The molecule has 0 heterocycles. The zero-order valence-corrected chi connectivity index (χ0v) is 11.6. The summed E-state index contributed by atoms with van der Waals surface area (Å²) in [4.78, 5) is 0. The minimum atomic E-state index is -0.246. The molecule has 0 aliphatic carbocycles. The number of ether oxygens (including phenoxy) is 1. The van der Waals surface area contributed by atoms with Crippen molar-refractivity contribution in [1.82, 2.24) is 0 Å². The number of nitrogens with two attached hydrogens (primary N) is 1. The fraction of sp³-hybridized carbons (Fsp3) is 0.500. The van der Waals surface area contributed by atoms with Gasteiger partial charge in [-0.25, -0.2) is 0 Å². The molecule has 1 rings (SSSR count). The SMILES string of the molecule is CC(C)(C#N)CCCCOc1ccc(N)c(Cl)c1. The van der Waals surface area contributed by atoms with E-state index in [9.17, 15) is 0 Å². The van der Waals surface area contributed by atoms with Gasteiger partial charge in [-0.1, -0.05) is 11.6 Å². The van der Waals surface area contributed by atoms with Crippen LogP contribution < -0.4 is 10.5 Å². The Morgan fingerprint density at radius 1 is 1.39 bits per heavy atom. The van der Waals surface area contributed by atoms with E-state index in [2.05, 4.69) is 6.07 Å². The van der Waals surface area contributed by atoms with E-state index in [0.717, 1.165) is 25.0 Å². The summed E-state index contributed by atoms with van der Waals surface area (Å²) in [7, 11) is 0. The number of anilines is 1. The molecule has 1 aromatic rings. The van der Waals surface area contributed by atoms with E-state index in [4.69, 9.17) is 27.3 Å². The van der Waals surface area contributed by atoms with Crippen molar-refractivity contribution in [1.29, 1.82) is 5.26 Å². The summed E-state index contributed by atoms with van der Waals surface area (Å²) in [6, 6.07) is 7.55. The van der Waals surface area contributed by atoms with Crippen molar-refractivity contribution in [2.45, 2.75) is 33.1 Å². The summed E-state index contributed by atoms with van der Waals surface area (Å²) in [5, 5.41) is 9.39. The second kappa shape index (κ2) is 6.51. The number of rotatable bonds is 6. The summed E-state index contributed by atoms with van der Waals surface area (Å²) in [5.74, 6) is 0.730. The standard InChI is InChI=1S/C14H19ClN2O/c1-14(2,10-16)7-3-4-8-18-11-5-6-13(17)12(15)9-11/h5-6,9H,3-4,7-8,17H2,1-2H3. The third-order valence-electron chi connectivity index (χ3n) is 2.74. The molecule has 3 nitrogen and oxygen atoms in total. The number of nitrogen functional groups attached to an aromatic ring is 1. The summed E-state index contributed by atoms with van der Waals surface area (Å²) in [6.45, 7) is 4.53. The first-order valence-corrected chi connectivity index (χ1v) is 6.41. The van der Waals surface area contributed by atoms with E-state index < -0.39 is 0 Å². The van der Waals surface area contributed by atoms with E-state index in [1.54, 1.807) is 18.2 Å². The number of benzene rings is 1. The van der Waals surface area contributed by atoms with E-state index in [-0.39, 0.29) is 5.41 Å². The highest BCUT2D eigenvalue weighted by molar-refractivity contribution is 6.33. The third-order valence-corrected chi connectivity index (χ3v) is 3.07. The Balaban J connectivity index is 2.26. The van der Waals surface area contributed by atoms with Gasteiger partial charge in [-0.05, 0) is 45.2 Å². The first kappa shape index (κ1) is 14.7. The van der Waals surface area contributed by atoms with Gasteiger partial charge >= 0.3 is 0 Å². The predicted octanol–water partition coefficient (Wildman–Crippen LogP) is 4.02. The summed E-state index contributed by atoms with van der Waals surface area (Å²) < 4.78 is 5.57. The van der Waals surface area contributed by atoms with Gasteiger partial charge in [0.25, 0.3) is 0 Å². The first-order chi connectivity index (χ1) is 8.44. The van der Waals surface area contributed by atoms with Crippen molar-refractivity contribution >= 4 is 17.3 Å². The normalized spacial score (nSPS) is 11.0. The topological polar surface area (TPSA) is 59.0 Å². The highest BCUT2D eigenvalue weighted by Gasteiger charge is 2.15. The first-order valence-electron chi connectivity index (χ1n) is 6.04. The van der Waals surface area contributed by atoms with Gasteiger partial charge < -0.3 is 10.5 Å². The lowest BCUT2D eigenvalue weighted by atomic mass is 9.89. The Kier molecular flexibility index (Phi) is 5.30. The predicted molar refractivity (Wildman–Crippen MR) is 74.6 cm³/mol. The van der Waals surface area contributed by atoms with Crippen molar-refractivity contribution in [2.24, 2.45) is 5.41 Å². The molecule has 2 N–H and O–H groups in total. The molecule has 0 spiro atoms. The summed E-state index contributed by atoms with van der Waals surface area (Å²) >= 11 is 5.89. The number of hydrogen-bond donors (Lipinski definition) is 1. The van der Waals surface area contributed by atoms with Gasteiger partial charge in [-0.2, -0.15) is 5.26 Å². The molecular formula is C14H19ClN2O. The molecule has 0 atom stereocenters. The Labute approximate surface area is 114 Å². The Morgan fingerprint density at radius 2 is 2.11 bits per heavy atom. The number of unbranched alkanes of at least 4 members (excludes halogenated alkanes) is 1. The molecule has 0 unspecified atom stereocenters. The Bertz CT molecular complexity index is 438. The van der Waals surface area contributed by atoms with Gasteiger partial charge in [-0.15, -0.1) is 0 Å². The van der Waals surface area contributed by atoms with Crippen LogP contribution >= 0.6 is 11.6 Å². The highest BCUT2D eigenvalue weighted by atomic mass is 35.5. The lowest BCUT2D eigenvalue weighted by molar-refractivity contribution is 0.295. The average molecular weight is 267 g/mol. The lowest BCUT2D eigenvalue weighted by Crippen LogP contribution is -2.08. The van der Waals surface area contributed by atoms with Crippen molar-refractivity contribution in [3.63, 3.8) is 0 Å². The fourth-order valence-electron chi connectivity index (χ4n) is 1.51. The van der Waals surface area contributed by atoms with Crippen LogP contribution in [-0.4, -0.2) is 6.61 Å². The minimum absolute atomic E-state index is 0.246. The average Bonchev–Trinajstić information content (AvgIpc) is 2.33. The molecule has 98 valence electrons. The zero-order valence-electron chi connectivity index (χ0n) is 10.9. The Hall–Kier alpha value is -1.40. The molecule has 0 amide bonds. The Morgan fingerprint density at radius 3 is 2.72 bits per heavy atom. The maximum Gasteiger partial charge on any atom is 0.120 e. The van der Waals surface area contributed by atoms with Crippen molar-refractivity contribution in [2.75, 3.05) is 12.3 Å². The van der Waals surface area contributed by atoms with Gasteiger partial charge in [-0.3, -0.25) is 0 Å². The molecule has 1 aromatic carbocycles. The van der Waals surface area contributed by atoms with Crippen LogP contribution in [0, 0.1) is 16.7 Å². The molecule has 4 heteroatoms. The number of nitriles is 1.